The molecule has 32 heavy (non-hydrogen) atoms. The summed E-state index contributed by atoms with van der Waals surface area (Å²) in [7, 11) is 1.64. The van der Waals surface area contributed by atoms with Gasteiger partial charge in [0.15, 0.2) is 0 Å². The second-order valence-electron chi connectivity index (χ2n) is 6.87. The van der Waals surface area contributed by atoms with Gasteiger partial charge < -0.3 is 14.8 Å². The molecule has 0 saturated carbocycles. The van der Waals surface area contributed by atoms with Crippen LogP contribution in [0.15, 0.2) is 42.6 Å². The van der Waals surface area contributed by atoms with E-state index in [-0.39, 0.29) is 0 Å². The summed E-state index contributed by atoms with van der Waals surface area (Å²) in [5, 5.41) is 8.01. The van der Waals surface area contributed by atoms with Gasteiger partial charge in [0.1, 0.15) is 16.7 Å². The first-order chi connectivity index (χ1) is 15.5. The highest BCUT2D eigenvalue weighted by Gasteiger charge is 2.14. The fourth-order valence-corrected chi connectivity index (χ4v) is 3.24. The van der Waals surface area contributed by atoms with Gasteiger partial charge >= 0.3 is 5.97 Å². The van der Waals surface area contributed by atoms with Crippen LogP contribution in [-0.4, -0.2) is 39.4 Å². The molecule has 2 aromatic heterocycles. The zero-order chi connectivity index (χ0) is 22.9. The van der Waals surface area contributed by atoms with Crippen molar-refractivity contribution < 1.29 is 14.3 Å². The Bertz CT molecular complexity index is 1080. The minimum atomic E-state index is -0.397. The molecular formula is C23H26ClN5O3. The number of rotatable bonds is 10. The zero-order valence-electron chi connectivity index (χ0n) is 18.3. The number of carbonyl (C=O) groups excluding carboxylic acids is 1. The molecule has 0 aliphatic carbocycles. The quantitative estimate of drug-likeness (QED) is 0.274. The average Bonchev–Trinajstić information content (AvgIpc) is 3.19. The maximum Gasteiger partial charge on any atom is 0.330 e. The fourth-order valence-electron chi connectivity index (χ4n) is 3.06. The van der Waals surface area contributed by atoms with Crippen LogP contribution in [0.2, 0.25) is 5.15 Å². The summed E-state index contributed by atoms with van der Waals surface area (Å²) in [5.41, 5.74) is 2.76. The van der Waals surface area contributed by atoms with Crippen LogP contribution in [0.4, 0.5) is 5.82 Å². The summed E-state index contributed by atoms with van der Waals surface area (Å²) < 4.78 is 11.8. The van der Waals surface area contributed by atoms with Crippen molar-refractivity contribution in [1.82, 2.24) is 19.7 Å². The number of nitrogens with one attached hydrogen (secondary N) is 1. The maximum atomic E-state index is 11.7. The molecule has 8 nitrogen and oxygen atoms in total. The second kappa shape index (κ2) is 11.3. The van der Waals surface area contributed by atoms with E-state index >= 15 is 0 Å². The van der Waals surface area contributed by atoms with Gasteiger partial charge in [-0.25, -0.2) is 9.48 Å². The first kappa shape index (κ1) is 23.3. The van der Waals surface area contributed by atoms with Crippen molar-refractivity contribution in [3.05, 3.63) is 64.6 Å². The first-order valence-electron chi connectivity index (χ1n) is 10.4. The molecule has 0 aliphatic rings. The first-order valence-corrected chi connectivity index (χ1v) is 10.7. The molecular weight excluding hydrogens is 430 g/mol. The van der Waals surface area contributed by atoms with Crippen molar-refractivity contribution in [2.24, 2.45) is 0 Å². The van der Waals surface area contributed by atoms with Crippen molar-refractivity contribution in [2.75, 3.05) is 19.0 Å². The highest BCUT2D eigenvalue weighted by molar-refractivity contribution is 6.29. The molecule has 1 aromatic carbocycles. The lowest BCUT2D eigenvalue weighted by molar-refractivity contribution is -0.137. The molecule has 0 radical (unpaired) electrons. The van der Waals surface area contributed by atoms with Crippen LogP contribution in [0.5, 0.6) is 5.75 Å². The molecule has 2 heterocycles. The van der Waals surface area contributed by atoms with Crippen LogP contribution >= 0.6 is 11.6 Å². The Morgan fingerprint density at radius 3 is 2.69 bits per heavy atom. The topological polar surface area (TPSA) is 91.2 Å². The lowest BCUT2D eigenvalue weighted by Gasteiger charge is -2.10. The Labute approximate surface area is 192 Å². The Balaban J connectivity index is 1.83. The summed E-state index contributed by atoms with van der Waals surface area (Å²) in [6.07, 6.45) is 6.38. The van der Waals surface area contributed by atoms with Crippen LogP contribution in [-0.2, 0) is 22.5 Å². The summed E-state index contributed by atoms with van der Waals surface area (Å²) in [6, 6.07) is 9.43. The number of hydrogen-bond acceptors (Lipinski definition) is 7. The van der Waals surface area contributed by atoms with E-state index in [0.29, 0.717) is 30.1 Å². The molecule has 9 heteroatoms. The maximum absolute atomic E-state index is 11.7. The summed E-state index contributed by atoms with van der Waals surface area (Å²) in [4.78, 5) is 20.6. The van der Waals surface area contributed by atoms with Gasteiger partial charge in [-0.2, -0.15) is 15.1 Å². The largest absolute Gasteiger partial charge is 0.497 e. The Kier molecular flexibility index (Phi) is 8.21. The van der Waals surface area contributed by atoms with E-state index in [1.165, 1.54) is 6.08 Å². The highest BCUT2D eigenvalue weighted by atomic mass is 35.5. The van der Waals surface area contributed by atoms with E-state index in [4.69, 9.17) is 21.1 Å². The summed E-state index contributed by atoms with van der Waals surface area (Å²) >= 11 is 6.27. The molecule has 0 bridgehead atoms. The third-order valence-electron chi connectivity index (χ3n) is 4.58. The Hall–Kier alpha value is -3.39. The van der Waals surface area contributed by atoms with Crippen LogP contribution in [0, 0.1) is 0 Å². The number of methoxy groups -OCH3 is 1. The Morgan fingerprint density at radius 1 is 1.22 bits per heavy atom. The summed E-state index contributed by atoms with van der Waals surface area (Å²) in [5.74, 6) is 1.34. The van der Waals surface area contributed by atoms with Crippen molar-refractivity contribution >= 4 is 29.5 Å². The standard InChI is InChI=1S/C23H26ClN5O3/c1-4-6-19-17(9-12-22(30)32-5-2)15-26-29(19)23-27-20(24)13-21(28-23)25-14-16-7-10-18(31-3)11-8-16/h7-13,15H,4-6,14H2,1-3H3,(H,25,27,28)/b12-9+. The molecule has 1 N–H and O–H groups in total. The molecule has 0 spiro atoms. The van der Waals surface area contributed by atoms with Gasteiger partial charge in [-0.15, -0.1) is 0 Å². The van der Waals surface area contributed by atoms with Crippen molar-refractivity contribution in [3.63, 3.8) is 0 Å². The predicted octanol–water partition coefficient (Wildman–Crippen LogP) is 4.47. The van der Waals surface area contributed by atoms with Gasteiger partial charge in [-0.3, -0.25) is 0 Å². The van der Waals surface area contributed by atoms with Gasteiger partial charge in [-0.1, -0.05) is 37.1 Å². The predicted molar refractivity (Wildman–Crippen MR) is 124 cm³/mol. The van der Waals surface area contributed by atoms with E-state index in [1.807, 2.05) is 24.3 Å². The number of halogens is 1. The van der Waals surface area contributed by atoms with Crippen LogP contribution in [0.3, 0.4) is 0 Å². The van der Waals surface area contributed by atoms with Gasteiger partial charge in [0.25, 0.3) is 5.95 Å². The second-order valence-corrected chi connectivity index (χ2v) is 7.26. The Morgan fingerprint density at radius 2 is 2.00 bits per heavy atom. The molecule has 168 valence electrons. The SMILES string of the molecule is CCCc1c(/C=C/C(=O)OCC)cnn1-c1nc(Cl)cc(NCc2ccc(OC)cc2)n1. The van der Waals surface area contributed by atoms with Crippen molar-refractivity contribution in [3.8, 4) is 11.7 Å². The monoisotopic (exact) mass is 455 g/mol. The van der Waals surface area contributed by atoms with Gasteiger partial charge in [0, 0.05) is 24.3 Å². The molecule has 3 rings (SSSR count). The average molecular weight is 456 g/mol. The van der Waals surface area contributed by atoms with Crippen LogP contribution in [0.1, 0.15) is 37.1 Å². The van der Waals surface area contributed by atoms with E-state index < -0.39 is 5.97 Å². The molecule has 0 fully saturated rings. The van der Waals surface area contributed by atoms with E-state index in [1.54, 1.807) is 37.1 Å². The molecule has 3 aromatic rings. The fraction of sp³-hybridized carbons (Fsp3) is 0.304. The molecule has 0 amide bonds. The molecule has 0 unspecified atom stereocenters. The number of benzene rings is 1. The van der Waals surface area contributed by atoms with E-state index in [2.05, 4.69) is 27.3 Å². The lowest BCUT2D eigenvalue weighted by Crippen LogP contribution is -2.10. The van der Waals surface area contributed by atoms with Gasteiger partial charge in [-0.05, 0) is 37.1 Å². The normalized spacial score (nSPS) is 11.0. The van der Waals surface area contributed by atoms with Crippen molar-refractivity contribution in [2.45, 2.75) is 33.2 Å². The lowest BCUT2D eigenvalue weighted by atomic mass is 10.1. The van der Waals surface area contributed by atoms with Gasteiger partial charge in [0.2, 0.25) is 0 Å². The van der Waals surface area contributed by atoms with Crippen LogP contribution in [0.25, 0.3) is 12.0 Å². The summed E-state index contributed by atoms with van der Waals surface area (Å²) in [6.45, 7) is 4.72. The number of nitrogens with zero attached hydrogens (tertiary/aromatic N) is 4. The van der Waals surface area contributed by atoms with Crippen molar-refractivity contribution in [1.29, 1.82) is 0 Å². The third kappa shape index (κ3) is 6.07. The minimum Gasteiger partial charge on any atom is -0.497 e. The smallest absolute Gasteiger partial charge is 0.330 e. The van der Waals surface area contributed by atoms with E-state index in [9.17, 15) is 4.79 Å². The number of esters is 1. The molecule has 0 saturated heterocycles. The zero-order valence-corrected chi connectivity index (χ0v) is 19.1. The number of hydrogen-bond donors (Lipinski definition) is 1. The van der Waals surface area contributed by atoms with Crippen LogP contribution < -0.4 is 10.1 Å². The molecule has 0 atom stereocenters. The molecule has 0 aliphatic heterocycles. The number of carbonyl (C=O) groups is 1. The third-order valence-corrected chi connectivity index (χ3v) is 4.77. The number of ether oxygens (including phenoxy) is 2. The highest BCUT2D eigenvalue weighted by Crippen LogP contribution is 2.20. The van der Waals surface area contributed by atoms with Gasteiger partial charge in [0.05, 0.1) is 25.6 Å². The van der Waals surface area contributed by atoms with E-state index in [0.717, 1.165) is 35.4 Å². The number of aromatic nitrogens is 4. The minimum absolute atomic E-state index is 0.300. The number of anilines is 1.